The number of hydrogen-bond donors (Lipinski definition) is 0. The summed E-state index contributed by atoms with van der Waals surface area (Å²) in [6.45, 7) is 3.32. The van der Waals surface area contributed by atoms with Gasteiger partial charge in [-0.15, -0.1) is 0 Å². The van der Waals surface area contributed by atoms with Crippen LogP contribution in [0.2, 0.25) is 0 Å². The molecule has 0 spiro atoms. The minimum absolute atomic E-state index is 0.192. The molecule has 0 aliphatic rings. The molecule has 0 atom stereocenters. The minimum atomic E-state index is -0.486. The molecule has 0 saturated heterocycles. The van der Waals surface area contributed by atoms with Gasteiger partial charge >= 0.3 is 0 Å². The van der Waals surface area contributed by atoms with Crippen LogP contribution in [0.1, 0.15) is 28.4 Å². The zero-order valence-electron chi connectivity index (χ0n) is 11.2. The fraction of sp³-hybridized carbons (Fsp3) is 0.188. The van der Waals surface area contributed by atoms with E-state index in [0.29, 0.717) is 5.75 Å². The van der Waals surface area contributed by atoms with Crippen molar-refractivity contribution < 1.29 is 18.3 Å². The molecule has 0 unspecified atom stereocenters. The number of benzene rings is 2. The summed E-state index contributed by atoms with van der Waals surface area (Å²) in [7, 11) is 0. The van der Waals surface area contributed by atoms with Gasteiger partial charge in [-0.1, -0.05) is 6.07 Å². The molecule has 0 radical (unpaired) electrons. The number of ether oxygens (including phenoxy) is 1. The van der Waals surface area contributed by atoms with Gasteiger partial charge in [-0.2, -0.15) is 0 Å². The van der Waals surface area contributed by atoms with E-state index < -0.39 is 5.82 Å². The predicted molar refractivity (Wildman–Crippen MR) is 71.9 cm³/mol. The van der Waals surface area contributed by atoms with E-state index in [1.807, 2.05) is 0 Å². The molecule has 0 aliphatic carbocycles. The van der Waals surface area contributed by atoms with Crippen LogP contribution in [-0.2, 0) is 6.61 Å². The standard InChI is InChI=1S/C16H14F2O2/c1-10-7-13(17)4-3-12(10)9-20-16-6-5-14(18)8-15(16)11(2)19/h3-8H,9H2,1-2H3. The van der Waals surface area contributed by atoms with E-state index in [9.17, 15) is 13.6 Å². The lowest BCUT2D eigenvalue weighted by Crippen LogP contribution is -2.03. The van der Waals surface area contributed by atoms with E-state index in [1.54, 1.807) is 13.0 Å². The Bertz CT molecular complexity index is 651. The van der Waals surface area contributed by atoms with Gasteiger partial charge in [-0.3, -0.25) is 4.79 Å². The normalized spacial score (nSPS) is 10.4. The predicted octanol–water partition coefficient (Wildman–Crippen LogP) is 4.05. The van der Waals surface area contributed by atoms with Crippen LogP contribution in [-0.4, -0.2) is 5.78 Å². The fourth-order valence-electron chi connectivity index (χ4n) is 1.88. The smallest absolute Gasteiger partial charge is 0.163 e. The highest BCUT2D eigenvalue weighted by atomic mass is 19.1. The lowest BCUT2D eigenvalue weighted by atomic mass is 10.1. The molecule has 20 heavy (non-hydrogen) atoms. The Morgan fingerprint density at radius 1 is 1.10 bits per heavy atom. The molecule has 0 fully saturated rings. The van der Waals surface area contributed by atoms with Crippen molar-refractivity contribution in [3.63, 3.8) is 0 Å². The lowest BCUT2D eigenvalue weighted by Gasteiger charge is -2.11. The van der Waals surface area contributed by atoms with Gasteiger partial charge in [0.2, 0.25) is 0 Å². The average molecular weight is 276 g/mol. The maximum atomic E-state index is 13.1. The number of rotatable bonds is 4. The van der Waals surface area contributed by atoms with Crippen molar-refractivity contribution in [2.75, 3.05) is 0 Å². The lowest BCUT2D eigenvalue weighted by molar-refractivity contribution is 0.101. The Kier molecular flexibility index (Phi) is 4.13. The van der Waals surface area contributed by atoms with E-state index in [2.05, 4.69) is 0 Å². The minimum Gasteiger partial charge on any atom is -0.488 e. The molecule has 2 aromatic rings. The molecule has 104 valence electrons. The Labute approximate surface area is 116 Å². The van der Waals surface area contributed by atoms with Crippen molar-refractivity contribution in [2.24, 2.45) is 0 Å². The van der Waals surface area contributed by atoms with Crippen molar-refractivity contribution in [1.29, 1.82) is 0 Å². The molecule has 0 bridgehead atoms. The maximum absolute atomic E-state index is 13.1. The second-order valence-electron chi connectivity index (χ2n) is 4.56. The summed E-state index contributed by atoms with van der Waals surface area (Å²) in [5, 5.41) is 0. The summed E-state index contributed by atoms with van der Waals surface area (Å²) >= 11 is 0. The summed E-state index contributed by atoms with van der Waals surface area (Å²) in [6, 6.07) is 8.19. The highest BCUT2D eigenvalue weighted by Crippen LogP contribution is 2.22. The molecule has 0 saturated carbocycles. The van der Waals surface area contributed by atoms with Crippen LogP contribution in [0.25, 0.3) is 0 Å². The monoisotopic (exact) mass is 276 g/mol. The quantitative estimate of drug-likeness (QED) is 0.787. The molecule has 0 aromatic heterocycles. The number of hydrogen-bond acceptors (Lipinski definition) is 2. The van der Waals surface area contributed by atoms with Gasteiger partial charge in [0.1, 0.15) is 24.0 Å². The second kappa shape index (κ2) is 5.82. The summed E-state index contributed by atoms with van der Waals surface area (Å²) < 4.78 is 31.7. The summed E-state index contributed by atoms with van der Waals surface area (Å²) in [4.78, 5) is 11.4. The maximum Gasteiger partial charge on any atom is 0.163 e. The van der Waals surface area contributed by atoms with Crippen LogP contribution in [0.3, 0.4) is 0 Å². The van der Waals surface area contributed by atoms with Crippen molar-refractivity contribution in [1.82, 2.24) is 0 Å². The number of carbonyl (C=O) groups excluding carboxylic acids is 1. The Morgan fingerprint density at radius 2 is 1.75 bits per heavy atom. The summed E-state index contributed by atoms with van der Waals surface area (Å²) in [5.74, 6) is -0.740. The van der Waals surface area contributed by atoms with Crippen LogP contribution < -0.4 is 4.74 Å². The number of halogens is 2. The Balaban J connectivity index is 2.20. The molecule has 0 amide bonds. The Hall–Kier alpha value is -2.23. The van der Waals surface area contributed by atoms with Gasteiger partial charge < -0.3 is 4.74 Å². The third-order valence-electron chi connectivity index (χ3n) is 3.01. The largest absolute Gasteiger partial charge is 0.488 e. The Morgan fingerprint density at radius 3 is 2.40 bits per heavy atom. The van der Waals surface area contributed by atoms with E-state index in [0.717, 1.165) is 17.2 Å². The molecule has 0 heterocycles. The number of ketones is 1. The first-order valence-electron chi connectivity index (χ1n) is 6.15. The van der Waals surface area contributed by atoms with Crippen molar-refractivity contribution in [3.05, 3.63) is 64.7 Å². The number of carbonyl (C=O) groups is 1. The van der Waals surface area contributed by atoms with Crippen LogP contribution in [0, 0.1) is 18.6 Å². The van der Waals surface area contributed by atoms with Crippen molar-refractivity contribution >= 4 is 5.78 Å². The SMILES string of the molecule is CC(=O)c1cc(F)ccc1OCc1ccc(F)cc1C. The zero-order chi connectivity index (χ0) is 14.7. The summed E-state index contributed by atoms with van der Waals surface area (Å²) in [5.41, 5.74) is 1.77. The van der Waals surface area contributed by atoms with E-state index in [1.165, 1.54) is 31.2 Å². The van der Waals surface area contributed by atoms with Gasteiger partial charge in [-0.05, 0) is 55.3 Å². The molecule has 0 N–H and O–H groups in total. The molecular formula is C16H14F2O2. The highest BCUT2D eigenvalue weighted by Gasteiger charge is 2.10. The molecule has 4 heteroatoms. The van der Waals surface area contributed by atoms with Crippen LogP contribution in [0.5, 0.6) is 5.75 Å². The average Bonchev–Trinajstić information content (AvgIpc) is 2.38. The highest BCUT2D eigenvalue weighted by molar-refractivity contribution is 5.96. The van der Waals surface area contributed by atoms with Crippen molar-refractivity contribution in [2.45, 2.75) is 20.5 Å². The fourth-order valence-corrected chi connectivity index (χ4v) is 1.88. The first-order chi connectivity index (χ1) is 9.47. The van der Waals surface area contributed by atoms with Crippen molar-refractivity contribution in [3.8, 4) is 5.75 Å². The van der Waals surface area contributed by atoms with Crippen LogP contribution >= 0.6 is 0 Å². The molecule has 0 aliphatic heterocycles. The van der Waals surface area contributed by atoms with Gasteiger partial charge in [0.25, 0.3) is 0 Å². The molecular weight excluding hydrogens is 262 g/mol. The van der Waals surface area contributed by atoms with Gasteiger partial charge in [-0.25, -0.2) is 8.78 Å². The van der Waals surface area contributed by atoms with E-state index in [-0.39, 0.29) is 23.8 Å². The summed E-state index contributed by atoms with van der Waals surface area (Å²) in [6.07, 6.45) is 0. The van der Waals surface area contributed by atoms with E-state index >= 15 is 0 Å². The van der Waals surface area contributed by atoms with Gasteiger partial charge in [0, 0.05) is 0 Å². The topological polar surface area (TPSA) is 26.3 Å². The van der Waals surface area contributed by atoms with Crippen LogP contribution in [0.15, 0.2) is 36.4 Å². The van der Waals surface area contributed by atoms with Crippen LogP contribution in [0.4, 0.5) is 8.78 Å². The van der Waals surface area contributed by atoms with Gasteiger partial charge in [0.15, 0.2) is 5.78 Å². The number of Topliss-reactive ketones (excluding diaryl/α,β-unsaturated/α-hetero) is 1. The van der Waals surface area contributed by atoms with Gasteiger partial charge in [0.05, 0.1) is 5.56 Å². The number of aryl methyl sites for hydroxylation is 1. The first-order valence-corrected chi connectivity index (χ1v) is 6.15. The third-order valence-corrected chi connectivity index (χ3v) is 3.01. The molecule has 2 rings (SSSR count). The first kappa shape index (κ1) is 14.2. The molecule has 2 nitrogen and oxygen atoms in total. The zero-order valence-corrected chi connectivity index (χ0v) is 11.2. The molecule has 2 aromatic carbocycles. The second-order valence-corrected chi connectivity index (χ2v) is 4.56. The third kappa shape index (κ3) is 3.20. The van der Waals surface area contributed by atoms with E-state index in [4.69, 9.17) is 4.74 Å².